The smallest absolute Gasteiger partial charge is 0.00584 e. The van der Waals surface area contributed by atoms with Crippen molar-refractivity contribution in [2.45, 2.75) is 12.8 Å². The molecule has 0 saturated heterocycles. The molecule has 0 unspecified atom stereocenters. The van der Waals surface area contributed by atoms with Crippen LogP contribution in [0.15, 0.2) is 60.7 Å². The summed E-state index contributed by atoms with van der Waals surface area (Å²) in [5.41, 5.74) is 2.84. The monoisotopic (exact) mass is 388 g/mol. The number of benzene rings is 2. The van der Waals surface area contributed by atoms with Crippen LogP contribution in [0.2, 0.25) is 0 Å². The summed E-state index contributed by atoms with van der Waals surface area (Å²) in [7, 11) is 0. The maximum Gasteiger partial charge on any atom is 0.00584 e. The summed E-state index contributed by atoms with van der Waals surface area (Å²) in [6.07, 6.45) is 2.25. The van der Waals surface area contributed by atoms with Gasteiger partial charge in [-0.15, -0.1) is 0 Å². The highest BCUT2D eigenvalue weighted by molar-refractivity contribution is 8.02. The molecule has 142 valence electrons. The minimum Gasteiger partial charge on any atom is -0.316 e. The maximum atomic E-state index is 3.53. The van der Waals surface area contributed by atoms with E-state index in [1.807, 2.05) is 0 Å². The largest absolute Gasteiger partial charge is 0.316 e. The van der Waals surface area contributed by atoms with Crippen LogP contribution in [0.25, 0.3) is 0 Å². The summed E-state index contributed by atoms with van der Waals surface area (Å²) in [5, 5.41) is 7.07. The zero-order valence-electron chi connectivity index (χ0n) is 15.7. The zero-order valence-corrected chi connectivity index (χ0v) is 17.3. The van der Waals surface area contributed by atoms with Crippen LogP contribution in [-0.4, -0.2) is 49.2 Å². The molecule has 2 rings (SSSR count). The van der Waals surface area contributed by atoms with Crippen molar-refractivity contribution < 1.29 is 0 Å². The van der Waals surface area contributed by atoms with E-state index >= 15 is 0 Å². The second kappa shape index (κ2) is 15.2. The average Bonchev–Trinajstić information content (AvgIpc) is 2.70. The Hall–Kier alpha value is -0.940. The van der Waals surface area contributed by atoms with E-state index in [1.165, 1.54) is 34.1 Å². The molecule has 2 aromatic rings. The van der Waals surface area contributed by atoms with Crippen LogP contribution in [-0.2, 0) is 12.8 Å². The first kappa shape index (κ1) is 21.4. The first-order chi connectivity index (χ1) is 12.9. The Kier molecular flexibility index (Phi) is 12.4. The van der Waals surface area contributed by atoms with Crippen LogP contribution in [0.1, 0.15) is 11.1 Å². The molecule has 0 aliphatic rings. The Labute approximate surface area is 167 Å². The van der Waals surface area contributed by atoms with E-state index < -0.39 is 0 Å². The second-order valence-corrected chi connectivity index (χ2v) is 8.65. The van der Waals surface area contributed by atoms with E-state index in [9.17, 15) is 0 Å². The lowest BCUT2D eigenvalue weighted by atomic mass is 10.1. The molecule has 0 saturated carbocycles. The Morgan fingerprint density at radius 1 is 0.500 bits per heavy atom. The standard InChI is InChI=1S/C22H32N2S2/c1-3-7-21(8-4-1)11-13-23-15-17-25-19-20-26-18-16-24-14-12-22-9-5-2-6-10-22/h1-10,23-24H,11-20H2. The van der Waals surface area contributed by atoms with Crippen LogP contribution in [0.5, 0.6) is 0 Å². The van der Waals surface area contributed by atoms with Gasteiger partial charge in [0.05, 0.1) is 0 Å². The molecule has 2 N–H and O–H groups in total. The van der Waals surface area contributed by atoms with Gasteiger partial charge in [-0.3, -0.25) is 0 Å². The molecular weight excluding hydrogens is 356 g/mol. The number of hydrogen-bond donors (Lipinski definition) is 2. The number of rotatable bonds is 15. The molecule has 0 aromatic heterocycles. The van der Waals surface area contributed by atoms with Gasteiger partial charge in [-0.05, 0) is 37.1 Å². The highest BCUT2D eigenvalue weighted by atomic mass is 32.2. The molecule has 0 bridgehead atoms. The SMILES string of the molecule is c1ccc(CCNCCSCCSCCNCCc2ccccc2)cc1. The fourth-order valence-electron chi connectivity index (χ4n) is 2.62. The van der Waals surface area contributed by atoms with Crippen molar-refractivity contribution in [1.82, 2.24) is 10.6 Å². The van der Waals surface area contributed by atoms with Crippen molar-refractivity contribution >= 4 is 23.5 Å². The molecule has 0 radical (unpaired) electrons. The summed E-state index contributed by atoms with van der Waals surface area (Å²) in [6, 6.07) is 21.4. The van der Waals surface area contributed by atoms with Gasteiger partial charge in [-0.2, -0.15) is 23.5 Å². The van der Waals surface area contributed by atoms with E-state index in [-0.39, 0.29) is 0 Å². The lowest BCUT2D eigenvalue weighted by Crippen LogP contribution is -2.20. The molecule has 4 heteroatoms. The first-order valence-electron chi connectivity index (χ1n) is 9.60. The van der Waals surface area contributed by atoms with Gasteiger partial charge in [0.2, 0.25) is 0 Å². The highest BCUT2D eigenvalue weighted by Gasteiger charge is 1.95. The minimum absolute atomic E-state index is 1.08. The van der Waals surface area contributed by atoms with Crippen LogP contribution in [0.3, 0.4) is 0 Å². The fraction of sp³-hybridized carbons (Fsp3) is 0.455. The average molecular weight is 389 g/mol. The Morgan fingerprint density at radius 2 is 0.923 bits per heavy atom. The second-order valence-electron chi connectivity index (χ2n) is 6.20. The lowest BCUT2D eigenvalue weighted by Gasteiger charge is -2.06. The van der Waals surface area contributed by atoms with Crippen molar-refractivity contribution in [2.24, 2.45) is 0 Å². The van der Waals surface area contributed by atoms with Crippen LogP contribution in [0.4, 0.5) is 0 Å². The summed E-state index contributed by atoms with van der Waals surface area (Å²) in [5.74, 6) is 4.94. The van der Waals surface area contributed by atoms with E-state index in [4.69, 9.17) is 0 Å². The van der Waals surface area contributed by atoms with Gasteiger partial charge in [-0.1, -0.05) is 60.7 Å². The predicted molar refractivity (Wildman–Crippen MR) is 121 cm³/mol. The van der Waals surface area contributed by atoms with Gasteiger partial charge in [0.25, 0.3) is 0 Å². The Balaban J connectivity index is 1.28. The predicted octanol–water partition coefficient (Wildman–Crippen LogP) is 4.12. The molecule has 0 atom stereocenters. The maximum absolute atomic E-state index is 3.53. The Bertz CT molecular complexity index is 497. The minimum atomic E-state index is 1.08. The molecular formula is C22H32N2S2. The highest BCUT2D eigenvalue weighted by Crippen LogP contribution is 2.06. The molecule has 0 aliphatic heterocycles. The van der Waals surface area contributed by atoms with Crippen molar-refractivity contribution in [3.05, 3.63) is 71.8 Å². The molecule has 0 spiro atoms. The number of thioether (sulfide) groups is 2. The summed E-state index contributed by atoms with van der Waals surface area (Å²) in [4.78, 5) is 0. The Morgan fingerprint density at radius 3 is 1.35 bits per heavy atom. The molecule has 0 heterocycles. The lowest BCUT2D eigenvalue weighted by molar-refractivity contribution is 0.721. The summed E-state index contributed by atoms with van der Waals surface area (Å²) in [6.45, 7) is 4.38. The quantitative estimate of drug-likeness (QED) is 0.448. The third-order valence-electron chi connectivity index (χ3n) is 4.08. The number of hydrogen-bond acceptors (Lipinski definition) is 4. The van der Waals surface area contributed by atoms with Gasteiger partial charge < -0.3 is 10.6 Å². The third kappa shape index (κ3) is 10.9. The zero-order chi connectivity index (χ0) is 18.1. The van der Waals surface area contributed by atoms with E-state index in [1.54, 1.807) is 0 Å². The van der Waals surface area contributed by atoms with Crippen LogP contribution >= 0.6 is 23.5 Å². The molecule has 0 fully saturated rings. The molecule has 2 nitrogen and oxygen atoms in total. The van der Waals surface area contributed by atoms with Crippen molar-refractivity contribution in [3.63, 3.8) is 0 Å². The van der Waals surface area contributed by atoms with Crippen LogP contribution in [0, 0.1) is 0 Å². The van der Waals surface area contributed by atoms with Gasteiger partial charge in [0, 0.05) is 36.1 Å². The molecule has 2 aromatic carbocycles. The van der Waals surface area contributed by atoms with E-state index in [0.717, 1.165) is 39.0 Å². The van der Waals surface area contributed by atoms with Gasteiger partial charge >= 0.3 is 0 Å². The fourth-order valence-corrected chi connectivity index (χ4v) is 4.54. The summed E-state index contributed by atoms with van der Waals surface area (Å²) >= 11 is 4.12. The summed E-state index contributed by atoms with van der Waals surface area (Å²) < 4.78 is 0. The van der Waals surface area contributed by atoms with Crippen molar-refractivity contribution in [3.8, 4) is 0 Å². The topological polar surface area (TPSA) is 24.1 Å². The van der Waals surface area contributed by atoms with Gasteiger partial charge in [0.15, 0.2) is 0 Å². The van der Waals surface area contributed by atoms with Crippen LogP contribution < -0.4 is 10.6 Å². The van der Waals surface area contributed by atoms with E-state index in [2.05, 4.69) is 94.8 Å². The van der Waals surface area contributed by atoms with E-state index in [0.29, 0.717) is 0 Å². The van der Waals surface area contributed by atoms with Crippen molar-refractivity contribution in [2.75, 3.05) is 49.2 Å². The van der Waals surface area contributed by atoms with Gasteiger partial charge in [-0.25, -0.2) is 0 Å². The van der Waals surface area contributed by atoms with Gasteiger partial charge in [0.1, 0.15) is 0 Å². The van der Waals surface area contributed by atoms with Crippen molar-refractivity contribution in [1.29, 1.82) is 0 Å². The molecule has 26 heavy (non-hydrogen) atoms. The number of nitrogens with one attached hydrogen (secondary N) is 2. The molecule has 0 aliphatic carbocycles. The molecule has 0 amide bonds. The first-order valence-corrected chi connectivity index (χ1v) is 11.9. The third-order valence-corrected chi connectivity index (χ3v) is 6.31. The normalized spacial score (nSPS) is 10.9.